The van der Waals surface area contributed by atoms with Gasteiger partial charge >= 0.3 is 0 Å². The molecule has 0 spiro atoms. The minimum absolute atomic E-state index is 0.453. The van der Waals surface area contributed by atoms with Crippen molar-refractivity contribution in [3.63, 3.8) is 0 Å². The predicted octanol–water partition coefficient (Wildman–Crippen LogP) is 5.20. The zero-order valence-electron chi connectivity index (χ0n) is 15.7. The highest BCUT2D eigenvalue weighted by atomic mass is 16.5. The Kier molecular flexibility index (Phi) is 6.11. The predicted molar refractivity (Wildman–Crippen MR) is 108 cm³/mol. The Morgan fingerprint density at radius 2 is 1.89 bits per heavy atom. The molecule has 1 heterocycles. The molecule has 0 bridgehead atoms. The second kappa shape index (κ2) is 8.91. The molecule has 0 radical (unpaired) electrons. The maximum absolute atomic E-state index is 9.66. The summed E-state index contributed by atoms with van der Waals surface area (Å²) in [5.74, 6) is 2.02. The lowest BCUT2D eigenvalue weighted by molar-refractivity contribution is 0.301. The Bertz CT molecular complexity index is 950. The average Bonchev–Trinajstić information content (AvgIpc) is 3.13. The van der Waals surface area contributed by atoms with E-state index < -0.39 is 0 Å². The molecule has 5 heteroatoms. The van der Waals surface area contributed by atoms with E-state index in [2.05, 4.69) is 29.9 Å². The molecule has 0 saturated heterocycles. The molecule has 0 aliphatic carbocycles. The summed E-state index contributed by atoms with van der Waals surface area (Å²) in [7, 11) is 0. The van der Waals surface area contributed by atoms with Crippen molar-refractivity contribution in [2.45, 2.75) is 26.7 Å². The zero-order valence-corrected chi connectivity index (χ0v) is 15.7. The molecule has 0 amide bonds. The Labute approximate surface area is 159 Å². The number of H-pyrrole nitrogens is 1. The monoisotopic (exact) mass is 361 g/mol. The third kappa shape index (κ3) is 4.48. The van der Waals surface area contributed by atoms with Crippen molar-refractivity contribution in [1.29, 1.82) is 5.26 Å². The van der Waals surface area contributed by atoms with Gasteiger partial charge < -0.3 is 14.5 Å². The number of aromatic amines is 1. The molecule has 3 aromatic rings. The third-order valence-electron chi connectivity index (χ3n) is 3.98. The van der Waals surface area contributed by atoms with Crippen LogP contribution in [0, 0.1) is 11.3 Å². The Hall–Kier alpha value is -3.26. The van der Waals surface area contributed by atoms with E-state index in [1.54, 1.807) is 6.08 Å². The Morgan fingerprint density at radius 3 is 2.63 bits per heavy atom. The fraction of sp³-hybridized carbons (Fsp3) is 0.273. The molecule has 0 unspecified atom stereocenters. The number of hydrogen-bond donors (Lipinski definition) is 1. The summed E-state index contributed by atoms with van der Waals surface area (Å²) < 4.78 is 11.6. The lowest BCUT2D eigenvalue weighted by atomic mass is 10.1. The number of nitrogens with one attached hydrogen (secondary N) is 1. The highest BCUT2D eigenvalue weighted by molar-refractivity contribution is 5.91. The van der Waals surface area contributed by atoms with Crippen molar-refractivity contribution in [3.8, 4) is 17.6 Å². The van der Waals surface area contributed by atoms with Gasteiger partial charge in [0.25, 0.3) is 0 Å². The van der Waals surface area contributed by atoms with Gasteiger partial charge in [-0.05, 0) is 43.2 Å². The van der Waals surface area contributed by atoms with Gasteiger partial charge in [-0.3, -0.25) is 0 Å². The lowest BCUT2D eigenvalue weighted by Crippen LogP contribution is -2.00. The number of aromatic nitrogens is 2. The molecular formula is C22H23N3O2. The molecule has 0 aliphatic rings. The van der Waals surface area contributed by atoms with Crippen LogP contribution in [0.25, 0.3) is 22.7 Å². The zero-order chi connectivity index (χ0) is 19.1. The van der Waals surface area contributed by atoms with Gasteiger partial charge in [0.15, 0.2) is 0 Å². The largest absolute Gasteiger partial charge is 0.493 e. The van der Waals surface area contributed by atoms with Crippen LogP contribution in [-0.2, 0) is 0 Å². The lowest BCUT2D eigenvalue weighted by Gasteiger charge is -2.12. The topological polar surface area (TPSA) is 70.9 Å². The van der Waals surface area contributed by atoms with E-state index in [1.165, 1.54) is 0 Å². The number of allylic oxidation sites excluding steroid dienone is 1. The number of nitrogens with zero attached hydrogens (tertiary/aromatic N) is 2. The summed E-state index contributed by atoms with van der Waals surface area (Å²) >= 11 is 0. The minimum Gasteiger partial charge on any atom is -0.493 e. The van der Waals surface area contributed by atoms with Crippen LogP contribution in [0.4, 0.5) is 0 Å². The first-order chi connectivity index (χ1) is 13.2. The van der Waals surface area contributed by atoms with Crippen molar-refractivity contribution in [2.24, 2.45) is 0 Å². The van der Waals surface area contributed by atoms with Gasteiger partial charge in [0.05, 0.1) is 29.8 Å². The fourth-order valence-corrected chi connectivity index (χ4v) is 2.67. The molecule has 0 saturated carbocycles. The van der Waals surface area contributed by atoms with Crippen LogP contribution >= 0.6 is 0 Å². The summed E-state index contributed by atoms with van der Waals surface area (Å²) in [5, 5.41) is 9.66. The molecule has 138 valence electrons. The molecule has 1 N–H and O–H groups in total. The SMILES string of the molecule is CCCOc1ccc(/C=C(/C#N)c2nc3ccccc3[nH]2)c(OCCC)c1. The minimum atomic E-state index is 0.453. The van der Waals surface area contributed by atoms with Gasteiger partial charge in [-0.1, -0.05) is 26.0 Å². The van der Waals surface area contributed by atoms with Crippen molar-refractivity contribution in [1.82, 2.24) is 9.97 Å². The quantitative estimate of drug-likeness (QED) is 0.559. The molecule has 0 atom stereocenters. The van der Waals surface area contributed by atoms with Crippen molar-refractivity contribution < 1.29 is 9.47 Å². The normalized spacial score (nSPS) is 11.4. The summed E-state index contributed by atoms with van der Waals surface area (Å²) in [6.45, 7) is 5.38. The first-order valence-corrected chi connectivity index (χ1v) is 9.21. The number of rotatable bonds is 8. The molecule has 27 heavy (non-hydrogen) atoms. The Balaban J connectivity index is 1.97. The highest BCUT2D eigenvalue weighted by Crippen LogP contribution is 2.29. The Morgan fingerprint density at radius 1 is 1.11 bits per heavy atom. The van der Waals surface area contributed by atoms with E-state index in [-0.39, 0.29) is 0 Å². The van der Waals surface area contributed by atoms with Crippen LogP contribution in [0.5, 0.6) is 11.5 Å². The van der Waals surface area contributed by atoms with Crippen LogP contribution < -0.4 is 9.47 Å². The molecule has 5 nitrogen and oxygen atoms in total. The maximum Gasteiger partial charge on any atom is 0.149 e. The maximum atomic E-state index is 9.66. The van der Waals surface area contributed by atoms with Crippen LogP contribution in [-0.4, -0.2) is 23.2 Å². The molecular weight excluding hydrogens is 338 g/mol. The second-order valence-corrected chi connectivity index (χ2v) is 6.17. The molecule has 0 fully saturated rings. The number of imidazole rings is 1. The number of hydrogen-bond acceptors (Lipinski definition) is 4. The van der Waals surface area contributed by atoms with Gasteiger partial charge in [0.2, 0.25) is 0 Å². The molecule has 0 aliphatic heterocycles. The summed E-state index contributed by atoms with van der Waals surface area (Å²) in [5.41, 5.74) is 3.01. The van der Waals surface area contributed by atoms with Gasteiger partial charge in [-0.2, -0.15) is 5.26 Å². The highest BCUT2D eigenvalue weighted by Gasteiger charge is 2.11. The van der Waals surface area contributed by atoms with Crippen LogP contribution in [0.2, 0.25) is 0 Å². The van der Waals surface area contributed by atoms with E-state index in [1.807, 2.05) is 42.5 Å². The standard InChI is InChI=1S/C22H23N3O2/c1-3-11-26-18-10-9-16(21(14-18)27-12-4-2)13-17(15-23)22-24-19-7-5-6-8-20(19)25-22/h5-10,13-14H,3-4,11-12H2,1-2H3,(H,24,25)/b17-13-. The van der Waals surface area contributed by atoms with E-state index in [4.69, 9.17) is 9.47 Å². The number of para-hydroxylation sites is 2. The van der Waals surface area contributed by atoms with Gasteiger partial charge in [-0.25, -0.2) is 4.98 Å². The number of nitriles is 1. The molecule has 2 aromatic carbocycles. The van der Waals surface area contributed by atoms with Crippen molar-refractivity contribution in [2.75, 3.05) is 13.2 Å². The summed E-state index contributed by atoms with van der Waals surface area (Å²) in [6, 6.07) is 15.6. The third-order valence-corrected chi connectivity index (χ3v) is 3.98. The summed E-state index contributed by atoms with van der Waals surface area (Å²) in [4.78, 5) is 7.72. The summed E-state index contributed by atoms with van der Waals surface area (Å²) in [6.07, 6.45) is 3.64. The van der Waals surface area contributed by atoms with Gasteiger partial charge in [0, 0.05) is 11.6 Å². The first-order valence-electron chi connectivity index (χ1n) is 9.21. The smallest absolute Gasteiger partial charge is 0.149 e. The van der Waals surface area contributed by atoms with Gasteiger partial charge in [-0.15, -0.1) is 0 Å². The van der Waals surface area contributed by atoms with E-state index in [9.17, 15) is 5.26 Å². The molecule has 1 aromatic heterocycles. The van der Waals surface area contributed by atoms with Gasteiger partial charge in [0.1, 0.15) is 23.4 Å². The van der Waals surface area contributed by atoms with E-state index >= 15 is 0 Å². The van der Waals surface area contributed by atoms with Crippen molar-refractivity contribution >= 4 is 22.7 Å². The van der Waals surface area contributed by atoms with E-state index in [0.717, 1.165) is 35.2 Å². The second-order valence-electron chi connectivity index (χ2n) is 6.17. The van der Waals surface area contributed by atoms with Crippen LogP contribution in [0.3, 0.4) is 0 Å². The number of ether oxygens (including phenoxy) is 2. The van der Waals surface area contributed by atoms with Crippen LogP contribution in [0.1, 0.15) is 38.1 Å². The van der Waals surface area contributed by atoms with E-state index in [0.29, 0.717) is 30.4 Å². The number of benzene rings is 2. The average molecular weight is 361 g/mol. The number of fused-ring (bicyclic) bond motifs is 1. The molecule has 3 rings (SSSR count). The van der Waals surface area contributed by atoms with Crippen LogP contribution in [0.15, 0.2) is 42.5 Å². The fourth-order valence-electron chi connectivity index (χ4n) is 2.67. The first kappa shape index (κ1) is 18.5. The van der Waals surface area contributed by atoms with Crippen molar-refractivity contribution in [3.05, 3.63) is 53.9 Å².